The summed E-state index contributed by atoms with van der Waals surface area (Å²) in [6.45, 7) is 16.2. The van der Waals surface area contributed by atoms with Crippen molar-refractivity contribution in [2.24, 2.45) is 0 Å². The Bertz CT molecular complexity index is 2910. The standard InChI is InChI=1S/C25H27FN4O2.C16H20ClN3O.C9H8FNO/c1-16-12-19-21(14-23(16)31-11-5-10-30-8-3-4-9-30)27-15-28-25(19)32-22-7-6-20-18(24(22)26)13-17(2)29-20;1-12-9-13-14(18-11-19-16(13)17)10-15(12)21-8-4-7-20-5-2-3-6-20;1-5-4-6-7(11-5)2-3-8(12)9(6)10/h6-7,12-15,29H,3-5,8-11H2,1-2H3;9-11H,2-8H2,1H3;2-4,11-12H,1H3. The van der Waals surface area contributed by atoms with Crippen LogP contribution in [0, 0.1) is 39.3 Å². The van der Waals surface area contributed by atoms with Gasteiger partial charge in [-0.3, -0.25) is 0 Å². The minimum absolute atomic E-state index is 0.136. The Kier molecular flexibility index (Phi) is 14.6. The largest absolute Gasteiger partial charge is 0.505 e. The molecule has 15 heteroatoms. The Morgan fingerprint density at radius 1 is 0.600 bits per heavy atom. The lowest BCUT2D eigenvalue weighted by Crippen LogP contribution is -2.21. The molecule has 12 nitrogen and oxygen atoms in total. The zero-order valence-electron chi connectivity index (χ0n) is 37.3. The van der Waals surface area contributed by atoms with Gasteiger partial charge in [0.2, 0.25) is 5.88 Å². The molecule has 0 radical (unpaired) electrons. The molecule has 0 atom stereocenters. The Morgan fingerprint density at radius 3 is 1.69 bits per heavy atom. The lowest BCUT2D eigenvalue weighted by Gasteiger charge is -2.15. The molecule has 340 valence electrons. The van der Waals surface area contributed by atoms with E-state index in [1.807, 2.05) is 58.0 Å². The predicted molar refractivity (Wildman–Crippen MR) is 253 cm³/mol. The second kappa shape index (κ2) is 20.8. The molecule has 0 bridgehead atoms. The average molecular weight is 905 g/mol. The van der Waals surface area contributed by atoms with E-state index in [0.29, 0.717) is 39.4 Å². The number of aromatic nitrogens is 6. The molecule has 2 aliphatic rings. The van der Waals surface area contributed by atoms with E-state index in [0.717, 1.165) is 88.4 Å². The Balaban J connectivity index is 0.000000149. The maximum Gasteiger partial charge on any atom is 0.230 e. The summed E-state index contributed by atoms with van der Waals surface area (Å²) in [7, 11) is 0. The SMILES string of the molecule is Cc1cc2c(Cl)ncnc2cc1OCCCN1CCCC1.Cc1cc2c(F)c(O)ccc2[nH]1.Cc1cc2c(F)c(Oc3ncnc4cc(OCCCN5CCCC5)c(C)cc34)ccc2[nH]1. The first-order chi connectivity index (χ1) is 31.5. The number of aryl methyl sites for hydroxylation is 4. The highest BCUT2D eigenvalue weighted by Crippen LogP contribution is 2.35. The molecule has 8 aromatic rings. The summed E-state index contributed by atoms with van der Waals surface area (Å²) >= 11 is 6.08. The van der Waals surface area contributed by atoms with E-state index in [-0.39, 0.29) is 11.5 Å². The van der Waals surface area contributed by atoms with Crippen molar-refractivity contribution < 1.29 is 28.1 Å². The van der Waals surface area contributed by atoms with Crippen LogP contribution < -0.4 is 14.2 Å². The molecule has 2 aliphatic heterocycles. The van der Waals surface area contributed by atoms with E-state index < -0.39 is 11.6 Å². The number of fused-ring (bicyclic) bond motifs is 4. The van der Waals surface area contributed by atoms with Crippen molar-refractivity contribution in [1.29, 1.82) is 0 Å². The van der Waals surface area contributed by atoms with E-state index in [9.17, 15) is 8.78 Å². The lowest BCUT2D eigenvalue weighted by atomic mass is 10.1. The summed E-state index contributed by atoms with van der Waals surface area (Å²) in [5.41, 5.74) is 6.80. The van der Waals surface area contributed by atoms with Crippen molar-refractivity contribution in [2.75, 3.05) is 52.5 Å². The predicted octanol–water partition coefficient (Wildman–Crippen LogP) is 11.3. The topological polar surface area (TPSA) is 138 Å². The Morgan fingerprint density at radius 2 is 1.11 bits per heavy atom. The van der Waals surface area contributed by atoms with Gasteiger partial charge in [-0.2, -0.15) is 0 Å². The Hall–Kier alpha value is -6.09. The van der Waals surface area contributed by atoms with Gasteiger partial charge in [0.05, 0.1) is 29.6 Å². The summed E-state index contributed by atoms with van der Waals surface area (Å²) < 4.78 is 46.0. The second-order valence-electron chi connectivity index (χ2n) is 16.8. The lowest BCUT2D eigenvalue weighted by molar-refractivity contribution is 0.262. The number of phenols is 1. The van der Waals surface area contributed by atoms with Crippen LogP contribution in [0.25, 0.3) is 43.6 Å². The van der Waals surface area contributed by atoms with Gasteiger partial charge in [-0.05, 0) is 152 Å². The molecule has 4 aromatic heterocycles. The van der Waals surface area contributed by atoms with E-state index in [4.69, 9.17) is 30.9 Å². The molecule has 2 fully saturated rings. The summed E-state index contributed by atoms with van der Waals surface area (Å²) in [5.74, 6) is 0.880. The summed E-state index contributed by atoms with van der Waals surface area (Å²) in [6.07, 6.45) is 10.3. The smallest absolute Gasteiger partial charge is 0.230 e. The average Bonchev–Trinajstić information content (AvgIpc) is 4.14. The fraction of sp³-hybridized carbons (Fsp3) is 0.360. The van der Waals surface area contributed by atoms with Crippen LogP contribution in [0.3, 0.4) is 0 Å². The van der Waals surface area contributed by atoms with Crippen molar-refractivity contribution in [1.82, 2.24) is 39.7 Å². The molecule has 0 unspecified atom stereocenters. The van der Waals surface area contributed by atoms with Crippen LogP contribution in [-0.2, 0) is 0 Å². The number of hydrogen-bond acceptors (Lipinski definition) is 10. The van der Waals surface area contributed by atoms with Crippen LogP contribution >= 0.6 is 11.6 Å². The number of benzene rings is 4. The highest BCUT2D eigenvalue weighted by molar-refractivity contribution is 6.34. The molecule has 2 saturated heterocycles. The van der Waals surface area contributed by atoms with Crippen molar-refractivity contribution in [3.63, 3.8) is 0 Å². The number of nitrogens with one attached hydrogen (secondary N) is 2. The summed E-state index contributed by atoms with van der Waals surface area (Å²) in [6, 6.07) is 17.7. The second-order valence-corrected chi connectivity index (χ2v) is 17.2. The number of hydrogen-bond donors (Lipinski definition) is 3. The summed E-state index contributed by atoms with van der Waals surface area (Å²) in [5, 5.41) is 12.1. The molecule has 0 aliphatic carbocycles. The highest BCUT2D eigenvalue weighted by atomic mass is 35.5. The van der Waals surface area contributed by atoms with Gasteiger partial charge in [-0.25, -0.2) is 28.7 Å². The fourth-order valence-corrected chi connectivity index (χ4v) is 8.64. The van der Waals surface area contributed by atoms with Gasteiger partial charge in [0, 0.05) is 63.8 Å². The third-order valence-corrected chi connectivity index (χ3v) is 12.1. The van der Waals surface area contributed by atoms with Gasteiger partial charge in [0.25, 0.3) is 0 Å². The molecule has 0 saturated carbocycles. The van der Waals surface area contributed by atoms with E-state index in [1.165, 1.54) is 70.6 Å². The number of aromatic hydroxyl groups is 1. The third kappa shape index (κ3) is 11.1. The van der Waals surface area contributed by atoms with Crippen LogP contribution in [0.5, 0.6) is 28.9 Å². The van der Waals surface area contributed by atoms with Crippen LogP contribution in [-0.4, -0.2) is 97.3 Å². The maximum atomic E-state index is 15.0. The summed E-state index contributed by atoms with van der Waals surface area (Å²) in [4.78, 5) is 28.0. The van der Waals surface area contributed by atoms with E-state index in [1.54, 1.807) is 24.3 Å². The van der Waals surface area contributed by atoms with Crippen LogP contribution in [0.2, 0.25) is 5.15 Å². The number of aromatic amines is 2. The first-order valence-corrected chi connectivity index (χ1v) is 22.7. The monoisotopic (exact) mass is 904 g/mol. The zero-order chi connectivity index (χ0) is 45.5. The van der Waals surface area contributed by atoms with Gasteiger partial charge >= 0.3 is 0 Å². The van der Waals surface area contributed by atoms with Crippen molar-refractivity contribution in [2.45, 2.75) is 66.2 Å². The minimum Gasteiger partial charge on any atom is -0.505 e. The van der Waals surface area contributed by atoms with Crippen molar-refractivity contribution in [3.8, 4) is 28.9 Å². The first-order valence-electron chi connectivity index (χ1n) is 22.3. The molecule has 65 heavy (non-hydrogen) atoms. The van der Waals surface area contributed by atoms with Gasteiger partial charge < -0.3 is 39.1 Å². The third-order valence-electron chi connectivity index (χ3n) is 11.8. The van der Waals surface area contributed by atoms with Crippen molar-refractivity contribution in [3.05, 3.63) is 113 Å². The number of likely N-dealkylation sites (tertiary alicyclic amines) is 2. The molecule has 4 aromatic carbocycles. The fourth-order valence-electron chi connectivity index (χ4n) is 8.44. The molecular weight excluding hydrogens is 850 g/mol. The molecule has 3 N–H and O–H groups in total. The van der Waals surface area contributed by atoms with Crippen LogP contribution in [0.4, 0.5) is 8.78 Å². The molecule has 0 spiro atoms. The molecule has 0 amide bonds. The van der Waals surface area contributed by atoms with E-state index >= 15 is 0 Å². The molecular formula is C50H55ClF2N8O4. The normalized spacial score (nSPS) is 14.2. The van der Waals surface area contributed by atoms with Crippen LogP contribution in [0.1, 0.15) is 61.0 Å². The minimum atomic E-state index is -0.558. The zero-order valence-corrected chi connectivity index (χ0v) is 38.1. The molecule has 6 heterocycles. The van der Waals surface area contributed by atoms with Gasteiger partial charge in [0.15, 0.2) is 23.1 Å². The van der Waals surface area contributed by atoms with E-state index in [2.05, 4.69) is 39.7 Å². The van der Waals surface area contributed by atoms with Gasteiger partial charge in [-0.1, -0.05) is 11.6 Å². The van der Waals surface area contributed by atoms with Gasteiger partial charge in [-0.15, -0.1) is 0 Å². The Labute approximate surface area is 381 Å². The molecule has 10 rings (SSSR count). The van der Waals surface area contributed by atoms with Gasteiger partial charge in [0.1, 0.15) is 29.3 Å². The number of H-pyrrole nitrogens is 2. The number of rotatable bonds is 12. The number of nitrogens with zero attached hydrogens (tertiary/aromatic N) is 6. The highest BCUT2D eigenvalue weighted by Gasteiger charge is 2.17. The first kappa shape index (κ1) is 45.5. The van der Waals surface area contributed by atoms with Crippen LogP contribution in [0.15, 0.2) is 73.3 Å². The quantitative estimate of drug-likeness (QED) is 0.0802. The number of ether oxygens (including phenoxy) is 3. The maximum absolute atomic E-state index is 15.0. The number of phenolic OH excluding ortho intramolecular Hbond substituents is 1. The van der Waals surface area contributed by atoms with Crippen molar-refractivity contribution >= 4 is 55.2 Å². The number of halogens is 3.